The van der Waals surface area contributed by atoms with Crippen molar-refractivity contribution in [2.45, 2.75) is 12.8 Å². The van der Waals surface area contributed by atoms with Gasteiger partial charge in [-0.2, -0.15) is 0 Å². The molecule has 23 heavy (non-hydrogen) atoms. The van der Waals surface area contributed by atoms with Crippen molar-refractivity contribution in [1.29, 1.82) is 0 Å². The highest BCUT2D eigenvalue weighted by molar-refractivity contribution is 6.32. The molecule has 3 nitrogen and oxygen atoms in total. The molecule has 4 heteroatoms. The van der Waals surface area contributed by atoms with E-state index in [1.807, 2.05) is 30.3 Å². The summed E-state index contributed by atoms with van der Waals surface area (Å²) in [5.41, 5.74) is 9.60. The largest absolute Gasteiger partial charge is 0.456 e. The summed E-state index contributed by atoms with van der Waals surface area (Å²) < 4.78 is 6.00. The van der Waals surface area contributed by atoms with Gasteiger partial charge in [0.15, 0.2) is 5.43 Å². The Balaban J connectivity index is 1.93. The van der Waals surface area contributed by atoms with Crippen molar-refractivity contribution >= 4 is 39.9 Å². The van der Waals surface area contributed by atoms with Gasteiger partial charge in [-0.1, -0.05) is 29.8 Å². The lowest BCUT2D eigenvalue weighted by molar-refractivity contribution is 0.585. The molecule has 3 aromatic rings. The minimum atomic E-state index is 0.0313. The zero-order chi connectivity index (χ0) is 16.0. The summed E-state index contributed by atoms with van der Waals surface area (Å²) in [6.07, 6.45) is 3.45. The molecule has 1 heterocycles. The molecule has 0 radical (unpaired) electrons. The molecule has 0 bridgehead atoms. The molecule has 2 N–H and O–H groups in total. The number of nitrogen functional groups attached to an aromatic ring is 1. The van der Waals surface area contributed by atoms with Crippen LogP contribution in [0.25, 0.3) is 22.6 Å². The lowest BCUT2D eigenvalue weighted by atomic mass is 10.1. The first kappa shape index (κ1) is 14.1. The monoisotopic (exact) mass is 323 g/mol. The molecule has 1 aromatic heterocycles. The molecule has 0 atom stereocenters. The van der Waals surface area contributed by atoms with E-state index in [0.717, 1.165) is 23.1 Å². The highest BCUT2D eigenvalue weighted by atomic mass is 35.5. The Bertz CT molecular complexity index is 1020. The lowest BCUT2D eigenvalue weighted by Gasteiger charge is -2.05. The lowest BCUT2D eigenvalue weighted by Crippen LogP contribution is -2.08. The maximum Gasteiger partial charge on any atom is 0.196 e. The van der Waals surface area contributed by atoms with E-state index in [1.165, 1.54) is 0 Å². The van der Waals surface area contributed by atoms with Gasteiger partial charge in [0.25, 0.3) is 0 Å². The predicted molar refractivity (Wildman–Crippen MR) is 94.5 cm³/mol. The first-order chi connectivity index (χ1) is 11.1. The van der Waals surface area contributed by atoms with Crippen LogP contribution in [0.2, 0.25) is 5.02 Å². The van der Waals surface area contributed by atoms with Crippen molar-refractivity contribution in [3.05, 3.63) is 74.6 Å². The van der Waals surface area contributed by atoms with Crippen LogP contribution in [0.5, 0.6) is 0 Å². The van der Waals surface area contributed by atoms with Crippen molar-refractivity contribution < 1.29 is 4.42 Å². The fourth-order valence-corrected chi connectivity index (χ4v) is 3.22. The third-order valence-electron chi connectivity index (χ3n) is 4.18. The maximum atomic E-state index is 12.6. The highest BCUT2D eigenvalue weighted by Gasteiger charge is 2.24. The van der Waals surface area contributed by atoms with E-state index in [4.69, 9.17) is 21.8 Å². The smallest absolute Gasteiger partial charge is 0.196 e. The second-order valence-corrected chi connectivity index (χ2v) is 6.09. The number of halogens is 1. The second-order valence-electron chi connectivity index (χ2n) is 5.69. The van der Waals surface area contributed by atoms with Gasteiger partial charge in [-0.25, -0.2) is 0 Å². The third kappa shape index (κ3) is 2.34. The average molecular weight is 324 g/mol. The molecule has 0 amide bonds. The zero-order valence-corrected chi connectivity index (χ0v) is 13.1. The van der Waals surface area contributed by atoms with Crippen molar-refractivity contribution in [1.82, 2.24) is 0 Å². The molecule has 1 aliphatic rings. The molecule has 0 fully saturated rings. The minimum Gasteiger partial charge on any atom is -0.456 e. The molecule has 1 aliphatic carbocycles. The summed E-state index contributed by atoms with van der Waals surface area (Å²) in [5.74, 6) is 0.660. The number of nitrogens with two attached hydrogens (primary N) is 1. The van der Waals surface area contributed by atoms with Crippen LogP contribution in [-0.4, -0.2) is 0 Å². The van der Waals surface area contributed by atoms with Gasteiger partial charge in [0, 0.05) is 22.3 Å². The van der Waals surface area contributed by atoms with E-state index < -0.39 is 0 Å². The first-order valence-corrected chi connectivity index (χ1v) is 7.82. The van der Waals surface area contributed by atoms with Crippen LogP contribution in [-0.2, 0) is 6.42 Å². The second kappa shape index (κ2) is 5.28. The van der Waals surface area contributed by atoms with Crippen LogP contribution >= 0.6 is 11.6 Å². The summed E-state index contributed by atoms with van der Waals surface area (Å²) >= 11 is 6.22. The topological polar surface area (TPSA) is 56.2 Å². The van der Waals surface area contributed by atoms with Gasteiger partial charge in [-0.3, -0.25) is 4.79 Å². The Kier molecular flexibility index (Phi) is 3.24. The van der Waals surface area contributed by atoms with Gasteiger partial charge < -0.3 is 10.2 Å². The Morgan fingerprint density at radius 2 is 1.96 bits per heavy atom. The van der Waals surface area contributed by atoms with Gasteiger partial charge in [0.1, 0.15) is 11.3 Å². The van der Waals surface area contributed by atoms with Gasteiger partial charge in [0.05, 0.1) is 5.39 Å². The molecule has 0 saturated heterocycles. The van der Waals surface area contributed by atoms with Gasteiger partial charge in [-0.15, -0.1) is 0 Å². The van der Waals surface area contributed by atoms with E-state index in [1.54, 1.807) is 18.2 Å². The third-order valence-corrected chi connectivity index (χ3v) is 4.53. The first-order valence-electron chi connectivity index (χ1n) is 7.44. The van der Waals surface area contributed by atoms with Crippen LogP contribution in [0.15, 0.2) is 51.7 Å². The van der Waals surface area contributed by atoms with Crippen LogP contribution in [0, 0.1) is 0 Å². The molecule has 2 aromatic carbocycles. The summed E-state index contributed by atoms with van der Waals surface area (Å²) in [5, 5.41) is 1.26. The van der Waals surface area contributed by atoms with Gasteiger partial charge in [-0.05, 0) is 48.3 Å². The normalized spacial score (nSPS) is 15.3. The number of hydrogen-bond donors (Lipinski definition) is 1. The molecule has 0 saturated carbocycles. The molecule has 4 rings (SSSR count). The summed E-state index contributed by atoms with van der Waals surface area (Å²) in [6.45, 7) is 0. The number of benzene rings is 2. The van der Waals surface area contributed by atoms with Crippen LogP contribution < -0.4 is 11.2 Å². The summed E-state index contributed by atoms with van der Waals surface area (Å²) in [6, 6.07) is 12.8. The van der Waals surface area contributed by atoms with E-state index >= 15 is 0 Å². The fourth-order valence-electron chi connectivity index (χ4n) is 3.03. The molecule has 114 valence electrons. The number of anilines is 1. The molecule has 0 unspecified atom stereocenters. The Labute approximate surface area is 138 Å². The molecular formula is C19H14ClNO2. The number of rotatable bonds is 1. The van der Waals surface area contributed by atoms with Crippen LogP contribution in [0.1, 0.15) is 23.3 Å². The van der Waals surface area contributed by atoms with Crippen molar-refractivity contribution in [3.8, 4) is 0 Å². The highest BCUT2D eigenvalue weighted by Crippen LogP contribution is 2.35. The van der Waals surface area contributed by atoms with Crippen LogP contribution in [0.3, 0.4) is 0 Å². The average Bonchev–Trinajstić information content (AvgIpc) is 2.93. The Hall–Kier alpha value is -2.52. The van der Waals surface area contributed by atoms with E-state index in [-0.39, 0.29) is 5.43 Å². The maximum absolute atomic E-state index is 12.6. The summed E-state index contributed by atoms with van der Waals surface area (Å²) in [4.78, 5) is 12.6. The summed E-state index contributed by atoms with van der Waals surface area (Å²) in [7, 11) is 0. The Morgan fingerprint density at radius 1 is 1.13 bits per heavy atom. The molecule has 0 spiro atoms. The van der Waals surface area contributed by atoms with Crippen molar-refractivity contribution in [2.75, 3.05) is 5.73 Å². The molecular weight excluding hydrogens is 310 g/mol. The minimum absolute atomic E-state index is 0.0313. The standard InChI is InChI=1S/C19H14ClNO2/c20-16-4-2-1-3-11(16)9-12-5-7-15-18(22)14-8-6-13(21)10-17(14)23-19(12)15/h1-4,6,8-10H,5,7,21H2. The number of allylic oxidation sites excluding steroid dienone is 1. The van der Waals surface area contributed by atoms with Gasteiger partial charge >= 0.3 is 0 Å². The SMILES string of the molecule is Nc1ccc2c(=O)c3c(oc2c1)C(=Cc1ccccc1Cl)CC3. The van der Waals surface area contributed by atoms with E-state index in [2.05, 4.69) is 0 Å². The van der Waals surface area contributed by atoms with Gasteiger partial charge in [0.2, 0.25) is 0 Å². The van der Waals surface area contributed by atoms with Crippen LogP contribution in [0.4, 0.5) is 5.69 Å². The van der Waals surface area contributed by atoms with Crippen molar-refractivity contribution in [2.24, 2.45) is 0 Å². The quantitative estimate of drug-likeness (QED) is 0.670. The predicted octanol–water partition coefficient (Wildman–Crippen LogP) is 4.52. The fraction of sp³-hybridized carbons (Fsp3) is 0.105. The van der Waals surface area contributed by atoms with E-state index in [0.29, 0.717) is 33.9 Å². The number of fused-ring (bicyclic) bond motifs is 2. The van der Waals surface area contributed by atoms with E-state index in [9.17, 15) is 4.79 Å². The number of hydrogen-bond acceptors (Lipinski definition) is 3. The zero-order valence-electron chi connectivity index (χ0n) is 12.3. The Morgan fingerprint density at radius 3 is 2.78 bits per heavy atom. The molecule has 0 aliphatic heterocycles. The van der Waals surface area contributed by atoms with Crippen molar-refractivity contribution in [3.63, 3.8) is 0 Å².